The zero-order chi connectivity index (χ0) is 19.3. The minimum Gasteiger partial charge on any atom is -0.465 e. The van der Waals surface area contributed by atoms with E-state index in [0.717, 1.165) is 42.5 Å². The van der Waals surface area contributed by atoms with Gasteiger partial charge in [-0.2, -0.15) is 0 Å². The van der Waals surface area contributed by atoms with Gasteiger partial charge in [-0.1, -0.05) is 42.5 Å². The van der Waals surface area contributed by atoms with E-state index in [9.17, 15) is 9.59 Å². The summed E-state index contributed by atoms with van der Waals surface area (Å²) in [5, 5.41) is 2.98. The molecule has 142 valence electrons. The van der Waals surface area contributed by atoms with Gasteiger partial charge < -0.3 is 14.5 Å². The van der Waals surface area contributed by atoms with Crippen LogP contribution >= 0.6 is 0 Å². The number of anilines is 1. The average molecular weight is 367 g/mol. The van der Waals surface area contributed by atoms with Crippen molar-refractivity contribution in [1.82, 2.24) is 0 Å². The van der Waals surface area contributed by atoms with Crippen molar-refractivity contribution in [2.75, 3.05) is 32.1 Å². The standard InChI is InChI=1S/C22H26N2O3/c1-17-9-8-12-19(22(26)27-2)21(17)23-20(25)16-24(13-6-7-14-24)15-18-10-4-3-5-11-18/h3-5,8-12H,6-7,13-16H2,1-2H3/p+1. The van der Waals surface area contributed by atoms with Crippen molar-refractivity contribution in [3.8, 4) is 0 Å². The summed E-state index contributed by atoms with van der Waals surface area (Å²) in [7, 11) is 1.35. The predicted molar refractivity (Wildman–Crippen MR) is 105 cm³/mol. The van der Waals surface area contributed by atoms with Gasteiger partial charge >= 0.3 is 5.97 Å². The van der Waals surface area contributed by atoms with Gasteiger partial charge in [0.1, 0.15) is 6.54 Å². The maximum Gasteiger partial charge on any atom is 0.339 e. The first-order valence-corrected chi connectivity index (χ1v) is 9.40. The zero-order valence-electron chi connectivity index (χ0n) is 16.0. The maximum atomic E-state index is 12.9. The van der Waals surface area contributed by atoms with Crippen molar-refractivity contribution >= 4 is 17.6 Å². The molecule has 2 aromatic rings. The molecule has 0 atom stereocenters. The van der Waals surface area contributed by atoms with Gasteiger partial charge in [0, 0.05) is 18.4 Å². The molecule has 0 saturated carbocycles. The molecule has 0 unspecified atom stereocenters. The summed E-state index contributed by atoms with van der Waals surface area (Å²) in [5.41, 5.74) is 3.04. The number of ether oxygens (including phenoxy) is 1. The second-order valence-corrected chi connectivity index (χ2v) is 7.34. The van der Waals surface area contributed by atoms with Crippen molar-refractivity contribution < 1.29 is 18.8 Å². The van der Waals surface area contributed by atoms with Crippen LogP contribution in [0.2, 0.25) is 0 Å². The number of hydrogen-bond donors (Lipinski definition) is 1. The fraction of sp³-hybridized carbons (Fsp3) is 0.364. The van der Waals surface area contributed by atoms with E-state index in [1.165, 1.54) is 12.7 Å². The number of likely N-dealkylation sites (tertiary alicyclic amines) is 1. The fourth-order valence-electron chi connectivity index (χ4n) is 3.95. The van der Waals surface area contributed by atoms with Crippen molar-refractivity contribution in [2.24, 2.45) is 0 Å². The van der Waals surface area contributed by atoms with E-state index in [-0.39, 0.29) is 5.91 Å². The summed E-state index contributed by atoms with van der Waals surface area (Å²) in [5.74, 6) is -0.504. The number of carbonyl (C=O) groups excluding carboxylic acids is 2. The molecular formula is C22H27N2O3+. The molecule has 1 heterocycles. The number of esters is 1. The number of amides is 1. The molecular weight excluding hydrogens is 340 g/mol. The van der Waals surface area contributed by atoms with Gasteiger partial charge in [-0.3, -0.25) is 4.79 Å². The van der Waals surface area contributed by atoms with Crippen LogP contribution in [0.15, 0.2) is 48.5 Å². The molecule has 1 aliphatic heterocycles. The quantitative estimate of drug-likeness (QED) is 0.628. The van der Waals surface area contributed by atoms with Crippen LogP contribution < -0.4 is 5.32 Å². The summed E-state index contributed by atoms with van der Waals surface area (Å²) in [6.45, 7) is 5.14. The van der Waals surface area contributed by atoms with Crippen LogP contribution in [0.3, 0.4) is 0 Å². The Morgan fingerprint density at radius 2 is 1.74 bits per heavy atom. The molecule has 0 bridgehead atoms. The molecule has 1 N–H and O–H groups in total. The van der Waals surface area contributed by atoms with Crippen LogP contribution in [0, 0.1) is 6.92 Å². The summed E-state index contributed by atoms with van der Waals surface area (Å²) < 4.78 is 5.61. The lowest BCUT2D eigenvalue weighted by Gasteiger charge is -2.33. The van der Waals surface area contributed by atoms with Gasteiger partial charge in [0.15, 0.2) is 6.54 Å². The van der Waals surface area contributed by atoms with E-state index in [1.807, 2.05) is 31.2 Å². The summed E-state index contributed by atoms with van der Waals surface area (Å²) >= 11 is 0. The highest BCUT2D eigenvalue weighted by atomic mass is 16.5. The number of hydrogen-bond acceptors (Lipinski definition) is 3. The second kappa shape index (κ2) is 8.35. The Kier molecular flexibility index (Phi) is 5.91. The summed E-state index contributed by atoms with van der Waals surface area (Å²) in [6, 6.07) is 15.7. The minimum absolute atomic E-state index is 0.0627. The molecule has 0 aliphatic carbocycles. The van der Waals surface area contributed by atoms with Crippen molar-refractivity contribution in [2.45, 2.75) is 26.3 Å². The Balaban J connectivity index is 1.77. The lowest BCUT2D eigenvalue weighted by atomic mass is 10.1. The first kappa shape index (κ1) is 19.1. The van der Waals surface area contributed by atoms with Crippen LogP contribution in [-0.4, -0.2) is 43.1 Å². The highest BCUT2D eigenvalue weighted by Gasteiger charge is 2.34. The van der Waals surface area contributed by atoms with E-state index in [2.05, 4.69) is 17.4 Å². The van der Waals surface area contributed by atoms with Gasteiger partial charge in [0.2, 0.25) is 0 Å². The molecule has 1 fully saturated rings. The van der Waals surface area contributed by atoms with Crippen LogP contribution in [0.25, 0.3) is 0 Å². The molecule has 0 radical (unpaired) electrons. The number of benzene rings is 2. The van der Waals surface area contributed by atoms with E-state index < -0.39 is 5.97 Å². The summed E-state index contributed by atoms with van der Waals surface area (Å²) in [6.07, 6.45) is 2.27. The Labute approximate surface area is 160 Å². The molecule has 5 heteroatoms. The lowest BCUT2D eigenvalue weighted by molar-refractivity contribution is -0.922. The van der Waals surface area contributed by atoms with Crippen molar-refractivity contribution in [3.63, 3.8) is 0 Å². The number of para-hydroxylation sites is 1. The number of methoxy groups -OCH3 is 1. The van der Waals surface area contributed by atoms with Crippen LogP contribution in [0.1, 0.15) is 34.3 Å². The van der Waals surface area contributed by atoms with E-state index >= 15 is 0 Å². The molecule has 5 nitrogen and oxygen atoms in total. The van der Waals surface area contributed by atoms with Gasteiger partial charge in [-0.15, -0.1) is 0 Å². The van der Waals surface area contributed by atoms with E-state index in [4.69, 9.17) is 4.74 Å². The number of quaternary nitrogens is 1. The molecule has 1 aliphatic rings. The Morgan fingerprint density at radius 3 is 2.41 bits per heavy atom. The van der Waals surface area contributed by atoms with Crippen molar-refractivity contribution in [1.29, 1.82) is 0 Å². The van der Waals surface area contributed by atoms with Gasteiger partial charge in [0.25, 0.3) is 5.91 Å². The highest BCUT2D eigenvalue weighted by Crippen LogP contribution is 2.25. The Hall–Kier alpha value is -2.66. The first-order valence-electron chi connectivity index (χ1n) is 9.40. The van der Waals surface area contributed by atoms with Crippen LogP contribution in [-0.2, 0) is 16.1 Å². The topological polar surface area (TPSA) is 55.4 Å². The third kappa shape index (κ3) is 4.55. The van der Waals surface area contributed by atoms with Gasteiger partial charge in [-0.25, -0.2) is 4.79 Å². The van der Waals surface area contributed by atoms with Gasteiger partial charge in [0.05, 0.1) is 31.5 Å². The summed E-state index contributed by atoms with van der Waals surface area (Å²) in [4.78, 5) is 24.9. The minimum atomic E-state index is -0.441. The smallest absolute Gasteiger partial charge is 0.339 e. The third-order valence-electron chi connectivity index (χ3n) is 5.30. The molecule has 0 spiro atoms. The molecule has 1 amide bonds. The number of rotatable bonds is 6. The SMILES string of the molecule is COC(=O)c1cccc(C)c1NC(=O)C[N+]1(Cc2ccccc2)CCCC1. The van der Waals surface area contributed by atoms with E-state index in [0.29, 0.717) is 17.8 Å². The highest BCUT2D eigenvalue weighted by molar-refractivity contribution is 6.02. The van der Waals surface area contributed by atoms with Gasteiger partial charge in [-0.05, 0) is 18.6 Å². The predicted octanol–water partition coefficient (Wildman–Crippen LogP) is 3.53. The van der Waals surface area contributed by atoms with Crippen LogP contribution in [0.5, 0.6) is 0 Å². The first-order chi connectivity index (χ1) is 13.0. The zero-order valence-corrected chi connectivity index (χ0v) is 16.0. The lowest BCUT2D eigenvalue weighted by Crippen LogP contribution is -2.49. The average Bonchev–Trinajstić information content (AvgIpc) is 3.11. The number of nitrogens with one attached hydrogen (secondary N) is 1. The third-order valence-corrected chi connectivity index (χ3v) is 5.30. The molecule has 1 saturated heterocycles. The second-order valence-electron chi connectivity index (χ2n) is 7.34. The largest absolute Gasteiger partial charge is 0.465 e. The Morgan fingerprint density at radius 1 is 1.04 bits per heavy atom. The fourth-order valence-corrected chi connectivity index (χ4v) is 3.95. The monoisotopic (exact) mass is 367 g/mol. The number of nitrogens with zero attached hydrogens (tertiary/aromatic N) is 1. The molecule has 27 heavy (non-hydrogen) atoms. The van der Waals surface area contributed by atoms with Crippen molar-refractivity contribution in [3.05, 3.63) is 65.2 Å². The molecule has 2 aromatic carbocycles. The van der Waals surface area contributed by atoms with Crippen LogP contribution in [0.4, 0.5) is 5.69 Å². The molecule has 0 aromatic heterocycles. The van der Waals surface area contributed by atoms with E-state index in [1.54, 1.807) is 12.1 Å². The Bertz CT molecular complexity index is 812. The number of carbonyl (C=O) groups is 2. The normalized spacial score (nSPS) is 15.3. The number of aryl methyl sites for hydroxylation is 1. The maximum absolute atomic E-state index is 12.9. The molecule has 3 rings (SSSR count).